The molecule has 1 fully saturated rings. The third-order valence-corrected chi connectivity index (χ3v) is 5.47. The van der Waals surface area contributed by atoms with E-state index in [1.807, 2.05) is 30.0 Å². The van der Waals surface area contributed by atoms with Crippen LogP contribution in [0.3, 0.4) is 0 Å². The third kappa shape index (κ3) is 2.01. The highest BCUT2D eigenvalue weighted by Gasteiger charge is 2.46. The van der Waals surface area contributed by atoms with Crippen molar-refractivity contribution in [2.75, 3.05) is 13.1 Å². The van der Waals surface area contributed by atoms with Gasteiger partial charge in [0.25, 0.3) is 5.91 Å². The number of hydrogen-bond donors (Lipinski definition) is 0. The van der Waals surface area contributed by atoms with Crippen molar-refractivity contribution < 1.29 is 9.53 Å². The molecular weight excluding hydrogens is 282 g/mol. The topological polar surface area (TPSA) is 29.5 Å². The molecule has 3 heterocycles. The first kappa shape index (κ1) is 13.0. The molecule has 2 aromatic rings. The molecule has 1 aromatic heterocycles. The van der Waals surface area contributed by atoms with Crippen LogP contribution in [0.2, 0.25) is 0 Å². The van der Waals surface area contributed by atoms with Gasteiger partial charge in [0.2, 0.25) is 0 Å². The van der Waals surface area contributed by atoms with Crippen LogP contribution in [-0.2, 0) is 16.9 Å². The molecule has 0 aliphatic carbocycles. The van der Waals surface area contributed by atoms with Crippen LogP contribution in [0.5, 0.6) is 0 Å². The van der Waals surface area contributed by atoms with E-state index >= 15 is 0 Å². The van der Waals surface area contributed by atoms with Crippen molar-refractivity contribution in [1.29, 1.82) is 0 Å². The fourth-order valence-corrected chi connectivity index (χ4v) is 4.22. The van der Waals surface area contributed by atoms with E-state index < -0.39 is 0 Å². The zero-order valence-electron chi connectivity index (χ0n) is 12.0. The van der Waals surface area contributed by atoms with Gasteiger partial charge in [-0.2, -0.15) is 0 Å². The summed E-state index contributed by atoms with van der Waals surface area (Å²) in [7, 11) is 0. The number of thiophene rings is 1. The van der Waals surface area contributed by atoms with E-state index in [4.69, 9.17) is 4.74 Å². The van der Waals surface area contributed by atoms with Crippen LogP contribution in [0, 0.1) is 6.92 Å². The molecule has 0 saturated carbocycles. The Morgan fingerprint density at radius 3 is 2.95 bits per heavy atom. The number of rotatable bonds is 1. The Hall–Kier alpha value is -1.65. The quantitative estimate of drug-likeness (QED) is 0.808. The highest BCUT2D eigenvalue weighted by Crippen LogP contribution is 2.43. The number of carbonyl (C=O) groups excluding carboxylic acids is 1. The summed E-state index contributed by atoms with van der Waals surface area (Å²) in [6.07, 6.45) is 0.889. The Morgan fingerprint density at radius 1 is 1.29 bits per heavy atom. The minimum absolute atomic E-state index is 0.137. The van der Waals surface area contributed by atoms with Gasteiger partial charge in [0, 0.05) is 11.4 Å². The lowest BCUT2D eigenvalue weighted by molar-refractivity contribution is -0.0282. The van der Waals surface area contributed by atoms with Crippen LogP contribution in [0.15, 0.2) is 36.4 Å². The molecule has 21 heavy (non-hydrogen) atoms. The Morgan fingerprint density at radius 2 is 2.14 bits per heavy atom. The number of amides is 1. The van der Waals surface area contributed by atoms with Crippen LogP contribution in [0.4, 0.5) is 0 Å². The second kappa shape index (κ2) is 4.68. The van der Waals surface area contributed by atoms with Gasteiger partial charge in [-0.05, 0) is 36.6 Å². The van der Waals surface area contributed by atoms with Gasteiger partial charge in [-0.15, -0.1) is 11.3 Å². The lowest BCUT2D eigenvalue weighted by Gasteiger charge is -2.24. The second-order valence-electron chi connectivity index (χ2n) is 5.83. The molecule has 0 bridgehead atoms. The Balaban J connectivity index is 1.60. The van der Waals surface area contributed by atoms with Crippen LogP contribution in [0.25, 0.3) is 0 Å². The summed E-state index contributed by atoms with van der Waals surface area (Å²) in [6, 6.07) is 12.3. The predicted molar refractivity (Wildman–Crippen MR) is 82.5 cm³/mol. The highest BCUT2D eigenvalue weighted by atomic mass is 32.1. The number of nitrogens with zero attached hydrogens (tertiary/aromatic N) is 1. The minimum atomic E-state index is -0.279. The zero-order chi connectivity index (χ0) is 14.4. The molecule has 1 aromatic carbocycles. The lowest BCUT2D eigenvalue weighted by Crippen LogP contribution is -2.33. The van der Waals surface area contributed by atoms with Crippen molar-refractivity contribution >= 4 is 17.2 Å². The van der Waals surface area contributed by atoms with Gasteiger partial charge >= 0.3 is 0 Å². The molecule has 1 atom stereocenters. The van der Waals surface area contributed by atoms with Crippen LogP contribution in [0.1, 0.15) is 32.1 Å². The minimum Gasteiger partial charge on any atom is -0.364 e. The molecule has 4 heteroatoms. The standard InChI is InChI=1S/C17H17NO2S/c1-12-6-7-15(21-12)16(19)18-9-8-17(11-18)14-5-3-2-4-13(14)10-20-17/h2-7H,8-11H2,1H3/t17-/m1/s1. The van der Waals surface area contributed by atoms with Gasteiger partial charge in [0.15, 0.2) is 0 Å². The van der Waals surface area contributed by atoms with Gasteiger partial charge in [0.1, 0.15) is 5.60 Å². The van der Waals surface area contributed by atoms with E-state index in [-0.39, 0.29) is 11.5 Å². The van der Waals surface area contributed by atoms with Crippen molar-refractivity contribution in [3.63, 3.8) is 0 Å². The van der Waals surface area contributed by atoms with Crippen molar-refractivity contribution in [2.45, 2.75) is 25.6 Å². The summed E-state index contributed by atoms with van der Waals surface area (Å²) in [4.78, 5) is 16.5. The van der Waals surface area contributed by atoms with E-state index in [9.17, 15) is 4.79 Å². The largest absolute Gasteiger partial charge is 0.364 e. The van der Waals surface area contributed by atoms with Gasteiger partial charge < -0.3 is 9.64 Å². The molecule has 2 aliphatic heterocycles. The van der Waals surface area contributed by atoms with Gasteiger partial charge in [-0.3, -0.25) is 4.79 Å². The summed E-state index contributed by atoms with van der Waals surface area (Å²) in [5, 5.41) is 0. The lowest BCUT2D eigenvalue weighted by atomic mass is 9.92. The first-order chi connectivity index (χ1) is 10.2. The summed E-state index contributed by atoms with van der Waals surface area (Å²) in [5.41, 5.74) is 2.25. The van der Waals surface area contributed by atoms with Gasteiger partial charge in [-0.1, -0.05) is 24.3 Å². The third-order valence-electron chi connectivity index (χ3n) is 4.48. The zero-order valence-corrected chi connectivity index (χ0v) is 12.8. The second-order valence-corrected chi connectivity index (χ2v) is 7.12. The van der Waals surface area contributed by atoms with Gasteiger partial charge in [-0.25, -0.2) is 0 Å². The van der Waals surface area contributed by atoms with E-state index in [0.717, 1.165) is 17.8 Å². The molecular formula is C17H17NO2S. The average molecular weight is 299 g/mol. The number of fused-ring (bicyclic) bond motifs is 2. The van der Waals surface area contributed by atoms with Crippen molar-refractivity contribution in [1.82, 2.24) is 4.90 Å². The normalized spacial score (nSPS) is 23.8. The molecule has 0 radical (unpaired) electrons. The highest BCUT2D eigenvalue weighted by molar-refractivity contribution is 7.13. The molecule has 108 valence electrons. The monoisotopic (exact) mass is 299 g/mol. The molecule has 1 saturated heterocycles. The number of hydrogen-bond acceptors (Lipinski definition) is 3. The Kier molecular flexibility index (Phi) is 2.91. The predicted octanol–water partition coefficient (Wildman–Crippen LogP) is 3.33. The first-order valence-electron chi connectivity index (χ1n) is 7.26. The number of likely N-dealkylation sites (tertiary alicyclic amines) is 1. The molecule has 0 unspecified atom stereocenters. The van der Waals surface area contributed by atoms with Crippen molar-refractivity contribution in [3.8, 4) is 0 Å². The maximum Gasteiger partial charge on any atom is 0.264 e. The van der Waals surface area contributed by atoms with Crippen molar-refractivity contribution in [2.24, 2.45) is 0 Å². The molecule has 4 rings (SSSR count). The number of aryl methyl sites for hydroxylation is 1. The van der Waals surface area contributed by atoms with Crippen LogP contribution in [-0.4, -0.2) is 23.9 Å². The van der Waals surface area contributed by atoms with E-state index in [0.29, 0.717) is 13.2 Å². The molecule has 1 spiro atoms. The maximum absolute atomic E-state index is 12.6. The van der Waals surface area contributed by atoms with Gasteiger partial charge in [0.05, 0.1) is 18.0 Å². The van der Waals surface area contributed by atoms with E-state index in [2.05, 4.69) is 18.2 Å². The number of carbonyl (C=O) groups is 1. The fraction of sp³-hybridized carbons (Fsp3) is 0.353. The molecule has 1 amide bonds. The summed E-state index contributed by atoms with van der Waals surface area (Å²) in [5.74, 6) is 0.137. The fourth-order valence-electron chi connectivity index (χ4n) is 3.38. The first-order valence-corrected chi connectivity index (χ1v) is 8.08. The molecule has 2 aliphatic rings. The van der Waals surface area contributed by atoms with Crippen molar-refractivity contribution in [3.05, 3.63) is 57.3 Å². The van der Waals surface area contributed by atoms with E-state index in [1.165, 1.54) is 16.0 Å². The smallest absolute Gasteiger partial charge is 0.264 e. The van der Waals surface area contributed by atoms with Crippen LogP contribution >= 0.6 is 11.3 Å². The molecule has 3 nitrogen and oxygen atoms in total. The van der Waals surface area contributed by atoms with Crippen LogP contribution < -0.4 is 0 Å². The summed E-state index contributed by atoms with van der Waals surface area (Å²) >= 11 is 1.57. The SMILES string of the molecule is Cc1ccc(C(=O)N2CC[C@]3(C2)OCc2ccccc23)s1. The Bertz CT molecular complexity index is 708. The average Bonchev–Trinajstić information content (AvgIpc) is 3.20. The Labute approximate surface area is 128 Å². The number of ether oxygens (including phenoxy) is 1. The molecule has 0 N–H and O–H groups in total. The summed E-state index contributed by atoms with van der Waals surface area (Å²) < 4.78 is 6.10. The van der Waals surface area contributed by atoms with E-state index in [1.54, 1.807) is 11.3 Å². The summed E-state index contributed by atoms with van der Waals surface area (Å²) in [6.45, 7) is 4.13. The number of benzene rings is 1. The maximum atomic E-state index is 12.6.